The van der Waals surface area contributed by atoms with Crippen molar-refractivity contribution in [2.24, 2.45) is 0 Å². The predicted molar refractivity (Wildman–Crippen MR) is 86.4 cm³/mol. The van der Waals surface area contributed by atoms with Crippen molar-refractivity contribution >= 4 is 17.3 Å². The van der Waals surface area contributed by atoms with Crippen LogP contribution in [0.25, 0.3) is 0 Å². The van der Waals surface area contributed by atoms with Crippen molar-refractivity contribution in [3.63, 3.8) is 0 Å². The number of hydrogen-bond acceptors (Lipinski definition) is 5. The number of nitro benzene ring substituents is 1. The van der Waals surface area contributed by atoms with Gasteiger partial charge in [0.2, 0.25) is 0 Å². The molecule has 0 saturated carbocycles. The van der Waals surface area contributed by atoms with Crippen LogP contribution in [0.2, 0.25) is 0 Å². The standard InChI is InChI=1S/C16H17N3O4/c1-17-16(21)12-7-8-13(15(9-12)19(22)23)18-14(10-20)11-5-3-2-4-6-11/h2-9,14,18,20H,10H2,1H3,(H,17,21)/t14-/m0/s1. The highest BCUT2D eigenvalue weighted by Crippen LogP contribution is 2.29. The molecule has 2 aromatic carbocycles. The number of nitrogens with zero attached hydrogens (tertiary/aromatic N) is 1. The molecule has 3 N–H and O–H groups in total. The lowest BCUT2D eigenvalue weighted by atomic mass is 10.1. The molecule has 0 radical (unpaired) electrons. The zero-order chi connectivity index (χ0) is 16.8. The van der Waals surface area contributed by atoms with Gasteiger partial charge in [0.1, 0.15) is 5.69 Å². The Labute approximate surface area is 133 Å². The first-order valence-corrected chi connectivity index (χ1v) is 6.99. The van der Waals surface area contributed by atoms with E-state index in [1.165, 1.54) is 25.2 Å². The third kappa shape index (κ3) is 3.83. The lowest BCUT2D eigenvalue weighted by Crippen LogP contribution is -2.19. The van der Waals surface area contributed by atoms with E-state index in [0.717, 1.165) is 5.56 Å². The fraction of sp³-hybridized carbons (Fsp3) is 0.188. The van der Waals surface area contributed by atoms with Gasteiger partial charge < -0.3 is 15.7 Å². The number of nitro groups is 1. The van der Waals surface area contributed by atoms with E-state index in [1.54, 1.807) is 0 Å². The summed E-state index contributed by atoms with van der Waals surface area (Å²) < 4.78 is 0. The van der Waals surface area contributed by atoms with Crippen LogP contribution in [0.1, 0.15) is 22.0 Å². The SMILES string of the molecule is CNC(=O)c1ccc(N[C@@H](CO)c2ccccc2)c([N+](=O)[O-])c1. The Morgan fingerprint density at radius 2 is 1.96 bits per heavy atom. The first-order chi connectivity index (χ1) is 11.1. The van der Waals surface area contributed by atoms with Gasteiger partial charge in [-0.1, -0.05) is 30.3 Å². The number of carbonyl (C=O) groups is 1. The van der Waals surface area contributed by atoms with E-state index in [0.29, 0.717) is 0 Å². The van der Waals surface area contributed by atoms with Gasteiger partial charge in [0.05, 0.1) is 17.6 Å². The highest BCUT2D eigenvalue weighted by atomic mass is 16.6. The van der Waals surface area contributed by atoms with Crippen LogP contribution in [0.4, 0.5) is 11.4 Å². The Hall–Kier alpha value is -2.93. The quantitative estimate of drug-likeness (QED) is 0.559. The summed E-state index contributed by atoms with van der Waals surface area (Å²) in [6, 6.07) is 12.8. The number of benzene rings is 2. The molecule has 1 amide bonds. The molecule has 2 aromatic rings. The van der Waals surface area contributed by atoms with Gasteiger partial charge in [-0.15, -0.1) is 0 Å². The second kappa shape index (κ2) is 7.37. The van der Waals surface area contributed by atoms with Crippen molar-refractivity contribution in [2.75, 3.05) is 19.0 Å². The average Bonchev–Trinajstić information content (AvgIpc) is 2.59. The molecule has 0 fully saturated rings. The highest BCUT2D eigenvalue weighted by Gasteiger charge is 2.20. The number of nitrogens with one attached hydrogen (secondary N) is 2. The fourth-order valence-electron chi connectivity index (χ4n) is 2.20. The van der Waals surface area contributed by atoms with Gasteiger partial charge in [-0.25, -0.2) is 0 Å². The van der Waals surface area contributed by atoms with Crippen LogP contribution in [0.15, 0.2) is 48.5 Å². The van der Waals surface area contributed by atoms with E-state index in [9.17, 15) is 20.0 Å². The molecular formula is C16H17N3O4. The molecule has 0 aliphatic rings. The normalized spacial score (nSPS) is 11.6. The molecule has 0 heterocycles. The number of hydrogen-bond donors (Lipinski definition) is 3. The van der Waals surface area contributed by atoms with Crippen LogP contribution in [0.5, 0.6) is 0 Å². The maximum absolute atomic E-state index is 11.6. The fourth-order valence-corrected chi connectivity index (χ4v) is 2.20. The largest absolute Gasteiger partial charge is 0.394 e. The maximum Gasteiger partial charge on any atom is 0.293 e. The van der Waals surface area contributed by atoms with Gasteiger partial charge in [0.15, 0.2) is 0 Å². The molecule has 0 aliphatic heterocycles. The Morgan fingerprint density at radius 3 is 2.52 bits per heavy atom. The smallest absolute Gasteiger partial charge is 0.293 e. The zero-order valence-corrected chi connectivity index (χ0v) is 12.5. The lowest BCUT2D eigenvalue weighted by Gasteiger charge is -2.18. The number of rotatable bonds is 6. The molecule has 0 aliphatic carbocycles. The van der Waals surface area contributed by atoms with Crippen molar-refractivity contribution in [1.29, 1.82) is 0 Å². The molecule has 0 spiro atoms. The molecule has 0 unspecified atom stereocenters. The molecule has 120 valence electrons. The van der Waals surface area contributed by atoms with Gasteiger partial charge in [-0.05, 0) is 17.7 Å². The Balaban J connectivity index is 2.35. The summed E-state index contributed by atoms with van der Waals surface area (Å²) in [5, 5.41) is 26.2. The van der Waals surface area contributed by atoms with E-state index in [2.05, 4.69) is 10.6 Å². The first kappa shape index (κ1) is 16.4. The summed E-state index contributed by atoms with van der Waals surface area (Å²) in [6.07, 6.45) is 0. The van der Waals surface area contributed by atoms with E-state index in [1.807, 2.05) is 30.3 Å². The molecule has 2 rings (SSSR count). The molecule has 0 saturated heterocycles. The topological polar surface area (TPSA) is 104 Å². The monoisotopic (exact) mass is 315 g/mol. The van der Waals surface area contributed by atoms with Crippen LogP contribution in [-0.4, -0.2) is 29.6 Å². The predicted octanol–water partition coefficient (Wildman–Crippen LogP) is 2.10. The van der Waals surface area contributed by atoms with Crippen LogP contribution in [0, 0.1) is 10.1 Å². The summed E-state index contributed by atoms with van der Waals surface area (Å²) in [5.74, 6) is -0.401. The van der Waals surface area contributed by atoms with Crippen LogP contribution in [-0.2, 0) is 0 Å². The second-order valence-corrected chi connectivity index (χ2v) is 4.86. The summed E-state index contributed by atoms with van der Waals surface area (Å²) in [5.41, 5.74) is 1.02. The summed E-state index contributed by atoms with van der Waals surface area (Å²) in [4.78, 5) is 22.3. The van der Waals surface area contributed by atoms with Crippen molar-refractivity contribution < 1.29 is 14.8 Å². The van der Waals surface area contributed by atoms with Gasteiger partial charge in [0.25, 0.3) is 11.6 Å². The van der Waals surface area contributed by atoms with Crippen molar-refractivity contribution in [1.82, 2.24) is 5.32 Å². The number of carbonyl (C=O) groups excluding carboxylic acids is 1. The molecule has 23 heavy (non-hydrogen) atoms. The van der Waals surface area contributed by atoms with Crippen molar-refractivity contribution in [3.8, 4) is 0 Å². The number of aliphatic hydroxyl groups excluding tert-OH is 1. The second-order valence-electron chi connectivity index (χ2n) is 4.86. The minimum Gasteiger partial charge on any atom is -0.394 e. The van der Waals surface area contributed by atoms with Gasteiger partial charge in [-0.3, -0.25) is 14.9 Å². The van der Waals surface area contributed by atoms with Gasteiger partial charge in [-0.2, -0.15) is 0 Å². The summed E-state index contributed by atoms with van der Waals surface area (Å²) in [7, 11) is 1.46. The van der Waals surface area contributed by atoms with Crippen molar-refractivity contribution in [3.05, 3.63) is 69.8 Å². The minimum atomic E-state index is -0.561. The molecule has 0 bridgehead atoms. The lowest BCUT2D eigenvalue weighted by molar-refractivity contribution is -0.384. The molecule has 7 nitrogen and oxygen atoms in total. The third-order valence-electron chi connectivity index (χ3n) is 3.40. The third-order valence-corrected chi connectivity index (χ3v) is 3.40. The number of anilines is 1. The van der Waals surface area contributed by atoms with Crippen molar-refractivity contribution in [2.45, 2.75) is 6.04 Å². The van der Waals surface area contributed by atoms with Crippen LogP contribution >= 0.6 is 0 Å². The van der Waals surface area contributed by atoms with Gasteiger partial charge >= 0.3 is 0 Å². The zero-order valence-electron chi connectivity index (χ0n) is 12.5. The summed E-state index contributed by atoms with van der Waals surface area (Å²) in [6.45, 7) is -0.224. The average molecular weight is 315 g/mol. The van der Waals surface area contributed by atoms with Crippen LogP contribution < -0.4 is 10.6 Å². The Kier molecular flexibility index (Phi) is 5.27. The van der Waals surface area contributed by atoms with Crippen LogP contribution in [0.3, 0.4) is 0 Å². The molecule has 1 atom stereocenters. The minimum absolute atomic E-state index is 0.199. The molecule has 7 heteroatoms. The number of aliphatic hydroxyl groups is 1. The molecule has 0 aromatic heterocycles. The number of amides is 1. The summed E-state index contributed by atoms with van der Waals surface area (Å²) >= 11 is 0. The molecular weight excluding hydrogens is 298 g/mol. The first-order valence-electron chi connectivity index (χ1n) is 6.99. The Bertz CT molecular complexity index is 704. The van der Waals surface area contributed by atoms with Gasteiger partial charge in [0, 0.05) is 18.7 Å². The highest BCUT2D eigenvalue weighted by molar-refractivity contribution is 5.95. The van der Waals surface area contributed by atoms with E-state index in [-0.39, 0.29) is 23.5 Å². The van der Waals surface area contributed by atoms with E-state index >= 15 is 0 Å². The van der Waals surface area contributed by atoms with E-state index < -0.39 is 16.9 Å². The maximum atomic E-state index is 11.6. The Morgan fingerprint density at radius 1 is 1.26 bits per heavy atom. The van der Waals surface area contributed by atoms with E-state index in [4.69, 9.17) is 0 Å².